The van der Waals surface area contributed by atoms with E-state index in [2.05, 4.69) is 15.1 Å². The Hall–Kier alpha value is -3.09. The Kier molecular flexibility index (Phi) is 5.04. The third kappa shape index (κ3) is 3.84. The lowest BCUT2D eigenvalue weighted by Gasteiger charge is -2.10. The molecule has 3 aromatic rings. The van der Waals surface area contributed by atoms with Crippen LogP contribution in [-0.4, -0.2) is 16.7 Å². The van der Waals surface area contributed by atoms with E-state index in [0.29, 0.717) is 39.3 Å². The van der Waals surface area contributed by atoms with Crippen LogP contribution in [0.2, 0.25) is 10.0 Å². The van der Waals surface area contributed by atoms with Crippen molar-refractivity contribution < 1.29 is 13.3 Å². The number of fused-ring (bicyclic) bond motifs is 1. The monoisotopic (exact) mass is 455 g/mol. The van der Waals surface area contributed by atoms with Crippen LogP contribution < -0.4 is 0 Å². The van der Waals surface area contributed by atoms with Gasteiger partial charge < -0.3 is 4.52 Å². The number of benzene rings is 2. The van der Waals surface area contributed by atoms with Gasteiger partial charge in [0.2, 0.25) is 0 Å². The Morgan fingerprint density at radius 2 is 1.87 bits per heavy atom. The zero-order valence-electron chi connectivity index (χ0n) is 15.8. The van der Waals surface area contributed by atoms with Gasteiger partial charge in [-0.15, -0.1) is 0 Å². The quantitative estimate of drug-likeness (QED) is 0.454. The Morgan fingerprint density at radius 3 is 2.71 bits per heavy atom. The third-order valence-corrected chi connectivity index (χ3v) is 5.53. The summed E-state index contributed by atoms with van der Waals surface area (Å²) in [5.74, 6) is -1.08. The first-order chi connectivity index (χ1) is 15.0. The molecule has 2 aromatic carbocycles. The fourth-order valence-electron chi connectivity index (χ4n) is 3.48. The Morgan fingerprint density at radius 1 is 1.00 bits per heavy atom. The average molecular weight is 456 g/mol. The summed E-state index contributed by atoms with van der Waals surface area (Å²) >= 11 is 12.2. The smallest absolute Gasteiger partial charge is 0.169 e. The zero-order valence-corrected chi connectivity index (χ0v) is 17.3. The van der Waals surface area contributed by atoms with Crippen LogP contribution in [0.15, 0.2) is 80.9 Å². The molecule has 1 unspecified atom stereocenters. The molecule has 4 nitrogen and oxygen atoms in total. The normalized spacial score (nSPS) is 17.3. The van der Waals surface area contributed by atoms with Crippen LogP contribution in [0.1, 0.15) is 11.3 Å². The molecule has 0 radical (unpaired) electrons. The molecule has 1 aromatic heterocycles. The topological polar surface area (TPSA) is 50.8 Å². The van der Waals surface area contributed by atoms with Gasteiger partial charge in [0.05, 0.1) is 22.0 Å². The fraction of sp³-hybridized carbons (Fsp3) is 0.0870. The van der Waals surface area contributed by atoms with E-state index in [9.17, 15) is 8.78 Å². The van der Waals surface area contributed by atoms with E-state index >= 15 is 0 Å². The van der Waals surface area contributed by atoms with Crippen LogP contribution in [0, 0.1) is 17.6 Å². The predicted molar refractivity (Wildman–Crippen MR) is 117 cm³/mol. The maximum Gasteiger partial charge on any atom is 0.169 e. The predicted octanol–water partition coefficient (Wildman–Crippen LogP) is 6.44. The molecule has 0 amide bonds. The van der Waals surface area contributed by atoms with E-state index in [1.54, 1.807) is 18.2 Å². The van der Waals surface area contributed by atoms with Gasteiger partial charge in [-0.25, -0.2) is 18.8 Å². The lowest BCUT2D eigenvalue weighted by Crippen LogP contribution is -2.07. The highest BCUT2D eigenvalue weighted by Crippen LogP contribution is 2.31. The molecule has 0 N–H and O–H groups in total. The average Bonchev–Trinajstić information content (AvgIpc) is 3.37. The number of hydrogen-bond acceptors (Lipinski definition) is 4. The second kappa shape index (κ2) is 7.87. The number of allylic oxidation sites excluding steroid dienone is 3. The molecule has 0 bridgehead atoms. The summed E-state index contributed by atoms with van der Waals surface area (Å²) in [7, 11) is 0. The minimum absolute atomic E-state index is 0.0177. The summed E-state index contributed by atoms with van der Waals surface area (Å²) in [4.78, 5) is 8.71. The Bertz CT molecular complexity index is 1320. The molecule has 1 aliphatic heterocycles. The number of hydrogen-bond donors (Lipinski definition) is 0. The second-order valence-electron chi connectivity index (χ2n) is 7.12. The Balaban J connectivity index is 1.36. The maximum atomic E-state index is 14.1. The lowest BCUT2D eigenvalue weighted by molar-refractivity contribution is 0.379. The van der Waals surface area contributed by atoms with Crippen LogP contribution in [0.3, 0.4) is 0 Å². The van der Waals surface area contributed by atoms with Crippen molar-refractivity contribution in [3.8, 4) is 11.3 Å². The van der Waals surface area contributed by atoms with Crippen LogP contribution in [0.25, 0.3) is 11.3 Å². The summed E-state index contributed by atoms with van der Waals surface area (Å²) in [5, 5.41) is 5.14. The summed E-state index contributed by atoms with van der Waals surface area (Å²) in [6.45, 7) is 0. The first-order valence-corrected chi connectivity index (χ1v) is 10.2. The van der Waals surface area contributed by atoms with Crippen LogP contribution in [-0.2, 0) is 6.42 Å². The summed E-state index contributed by atoms with van der Waals surface area (Å²) in [6, 6.07) is 11.0. The maximum absolute atomic E-state index is 14.1. The summed E-state index contributed by atoms with van der Waals surface area (Å²) < 4.78 is 33.1. The van der Waals surface area contributed by atoms with Crippen LogP contribution in [0.4, 0.5) is 8.78 Å². The number of rotatable bonds is 4. The molecule has 0 saturated heterocycles. The van der Waals surface area contributed by atoms with Gasteiger partial charge in [0.1, 0.15) is 11.5 Å². The van der Waals surface area contributed by atoms with Gasteiger partial charge in [0.15, 0.2) is 17.5 Å². The lowest BCUT2D eigenvalue weighted by atomic mass is 9.96. The van der Waals surface area contributed by atoms with E-state index in [1.165, 1.54) is 12.1 Å². The molecule has 2 heterocycles. The van der Waals surface area contributed by atoms with E-state index in [-0.39, 0.29) is 17.3 Å². The highest BCUT2D eigenvalue weighted by Gasteiger charge is 2.24. The van der Waals surface area contributed by atoms with Gasteiger partial charge in [-0.2, -0.15) is 0 Å². The largest absolute Gasteiger partial charge is 0.361 e. The molecule has 1 atom stereocenters. The molecular weight excluding hydrogens is 443 g/mol. The third-order valence-electron chi connectivity index (χ3n) is 4.98. The van der Waals surface area contributed by atoms with Crippen molar-refractivity contribution in [3.05, 3.63) is 99.4 Å². The first kappa shape index (κ1) is 19.8. The van der Waals surface area contributed by atoms with E-state index < -0.39 is 11.6 Å². The standard InChI is InChI=1S/C23H13Cl2F2N3O/c24-13-5-6-15(17(25)10-13)20-11-14(31-30-20)8-12-4-7-19-21(9-12)29-23(28-19)16-2-1-3-18(26)22(16)27/h1-7,9-12H,8H2. The number of nitrogens with zero attached hydrogens (tertiary/aromatic N) is 3. The Labute approximate surface area is 186 Å². The summed E-state index contributed by atoms with van der Waals surface area (Å²) in [6.07, 6.45) is 6.24. The van der Waals surface area contributed by atoms with E-state index in [1.807, 2.05) is 24.3 Å². The van der Waals surface area contributed by atoms with Gasteiger partial charge in [-0.3, -0.25) is 0 Å². The molecule has 2 aliphatic rings. The number of amidine groups is 1. The first-order valence-electron chi connectivity index (χ1n) is 9.41. The molecule has 8 heteroatoms. The van der Waals surface area contributed by atoms with Gasteiger partial charge >= 0.3 is 0 Å². The van der Waals surface area contributed by atoms with E-state index in [0.717, 1.165) is 11.6 Å². The zero-order chi connectivity index (χ0) is 21.5. The van der Waals surface area contributed by atoms with E-state index in [4.69, 9.17) is 27.7 Å². The van der Waals surface area contributed by atoms with Crippen molar-refractivity contribution in [1.82, 2.24) is 5.16 Å². The molecule has 1 aliphatic carbocycles. The molecule has 31 heavy (non-hydrogen) atoms. The van der Waals surface area contributed by atoms with Crippen LogP contribution in [0.5, 0.6) is 0 Å². The number of halogens is 4. The van der Waals surface area contributed by atoms with Crippen molar-refractivity contribution in [2.75, 3.05) is 0 Å². The molecule has 5 rings (SSSR count). The summed E-state index contributed by atoms with van der Waals surface area (Å²) in [5.41, 5.74) is 2.62. The molecule has 0 fully saturated rings. The molecular formula is C23H13Cl2F2N3O. The number of aromatic nitrogens is 1. The van der Waals surface area contributed by atoms with Gasteiger partial charge in [-0.05, 0) is 42.5 Å². The van der Waals surface area contributed by atoms with Gasteiger partial charge in [-0.1, -0.05) is 40.5 Å². The molecule has 154 valence electrons. The SMILES string of the molecule is Fc1cccc(C2=NC3=CC(Cc4cc(-c5ccc(Cl)cc5Cl)no4)C=CC3=N2)c1F. The highest BCUT2D eigenvalue weighted by atomic mass is 35.5. The molecule has 0 saturated carbocycles. The highest BCUT2D eigenvalue weighted by molar-refractivity contribution is 6.36. The van der Waals surface area contributed by atoms with Crippen molar-refractivity contribution >= 4 is 34.7 Å². The minimum Gasteiger partial charge on any atom is -0.361 e. The van der Waals surface area contributed by atoms with Crippen LogP contribution >= 0.6 is 23.2 Å². The van der Waals surface area contributed by atoms with Crippen molar-refractivity contribution in [2.24, 2.45) is 15.9 Å². The fourth-order valence-corrected chi connectivity index (χ4v) is 3.98. The second-order valence-corrected chi connectivity index (χ2v) is 7.96. The number of aliphatic imine (C=N–C) groups is 2. The van der Waals surface area contributed by atoms with Crippen molar-refractivity contribution in [2.45, 2.75) is 6.42 Å². The van der Waals surface area contributed by atoms with Gasteiger partial charge in [0.25, 0.3) is 0 Å². The van der Waals surface area contributed by atoms with Crippen molar-refractivity contribution in [1.29, 1.82) is 0 Å². The molecule has 0 spiro atoms. The minimum atomic E-state index is -0.958. The van der Waals surface area contributed by atoms with Gasteiger partial charge in [0, 0.05) is 29.0 Å². The van der Waals surface area contributed by atoms with Crippen molar-refractivity contribution in [3.63, 3.8) is 0 Å².